The molecule has 0 aromatic rings. The Morgan fingerprint density at radius 1 is 1.24 bits per heavy atom. The summed E-state index contributed by atoms with van der Waals surface area (Å²) in [5.41, 5.74) is 0.414. The van der Waals surface area contributed by atoms with Crippen LogP contribution in [-0.4, -0.2) is 48.8 Å². The number of nitrogens with one attached hydrogen (secondary N) is 1. The fourth-order valence-electron chi connectivity index (χ4n) is 5.12. The lowest BCUT2D eigenvalue weighted by atomic mass is 9.74. The van der Waals surface area contributed by atoms with Crippen molar-refractivity contribution in [1.82, 2.24) is 10.2 Å². The van der Waals surface area contributed by atoms with Crippen LogP contribution in [0.4, 0.5) is 0 Å². The fourth-order valence-corrected chi connectivity index (χ4v) is 5.12. The number of hydrogen-bond donors (Lipinski definition) is 1. The number of hydrogen-bond acceptors (Lipinski definition) is 3. The van der Waals surface area contributed by atoms with Crippen molar-refractivity contribution in [2.75, 3.05) is 26.7 Å². The van der Waals surface area contributed by atoms with Gasteiger partial charge in [-0.15, -0.1) is 0 Å². The second-order valence-electron chi connectivity index (χ2n) is 7.58. The first-order chi connectivity index (χ1) is 9.99. The third kappa shape index (κ3) is 3.46. The van der Waals surface area contributed by atoms with Gasteiger partial charge in [-0.05, 0) is 65.6 Å². The van der Waals surface area contributed by atoms with Gasteiger partial charge in [-0.3, -0.25) is 4.90 Å². The van der Waals surface area contributed by atoms with E-state index >= 15 is 0 Å². The molecule has 0 aromatic heterocycles. The van der Waals surface area contributed by atoms with Gasteiger partial charge < -0.3 is 10.1 Å². The van der Waals surface area contributed by atoms with Crippen molar-refractivity contribution in [1.29, 1.82) is 0 Å². The van der Waals surface area contributed by atoms with Gasteiger partial charge in [0, 0.05) is 18.2 Å². The Labute approximate surface area is 131 Å². The smallest absolute Gasteiger partial charge is 0.0685 e. The van der Waals surface area contributed by atoms with Crippen LogP contribution >= 0.6 is 0 Å². The van der Waals surface area contributed by atoms with Gasteiger partial charge in [-0.25, -0.2) is 0 Å². The Bertz CT molecular complexity index is 319. The Kier molecular flexibility index (Phi) is 5.72. The number of likely N-dealkylation sites (N-methyl/N-ethyl adjacent to an activating group) is 2. The van der Waals surface area contributed by atoms with Crippen molar-refractivity contribution >= 4 is 0 Å². The molecule has 1 aliphatic heterocycles. The minimum atomic E-state index is 0.194. The molecule has 2 aliphatic rings. The highest BCUT2D eigenvalue weighted by atomic mass is 16.5. The van der Waals surface area contributed by atoms with E-state index < -0.39 is 0 Å². The van der Waals surface area contributed by atoms with E-state index in [0.717, 1.165) is 25.6 Å². The summed E-state index contributed by atoms with van der Waals surface area (Å²) >= 11 is 0. The molecule has 0 radical (unpaired) electrons. The zero-order valence-corrected chi connectivity index (χ0v) is 14.9. The van der Waals surface area contributed by atoms with Gasteiger partial charge in [0.15, 0.2) is 0 Å². The quantitative estimate of drug-likeness (QED) is 0.812. The Morgan fingerprint density at radius 3 is 2.38 bits per heavy atom. The number of ether oxygens (including phenoxy) is 1. The molecule has 1 saturated carbocycles. The van der Waals surface area contributed by atoms with Crippen LogP contribution in [0.25, 0.3) is 0 Å². The SMILES string of the molecule is CCN(CC)C(C)(C)C(NC)C1CCOC2(CCCC2)C1. The van der Waals surface area contributed by atoms with Crippen molar-refractivity contribution in [2.24, 2.45) is 5.92 Å². The van der Waals surface area contributed by atoms with Gasteiger partial charge in [0.05, 0.1) is 5.60 Å². The lowest BCUT2D eigenvalue weighted by molar-refractivity contribution is -0.106. The molecule has 0 aromatic carbocycles. The van der Waals surface area contributed by atoms with Crippen LogP contribution in [0.3, 0.4) is 0 Å². The molecule has 1 spiro atoms. The minimum Gasteiger partial charge on any atom is -0.375 e. The standard InChI is InChI=1S/C18H36N2O/c1-6-20(7-2)17(3,4)16(19-5)15-10-13-21-18(14-15)11-8-9-12-18/h15-16,19H,6-14H2,1-5H3. The molecule has 0 amide bonds. The van der Waals surface area contributed by atoms with Crippen molar-refractivity contribution in [3.63, 3.8) is 0 Å². The van der Waals surface area contributed by atoms with E-state index in [-0.39, 0.29) is 11.1 Å². The molecule has 2 rings (SSSR count). The van der Waals surface area contributed by atoms with Crippen LogP contribution < -0.4 is 5.32 Å². The van der Waals surface area contributed by atoms with Crippen LogP contribution in [-0.2, 0) is 4.74 Å². The van der Waals surface area contributed by atoms with E-state index in [2.05, 4.69) is 45.0 Å². The van der Waals surface area contributed by atoms with Crippen LogP contribution in [0.2, 0.25) is 0 Å². The second-order valence-corrected chi connectivity index (χ2v) is 7.58. The largest absolute Gasteiger partial charge is 0.375 e. The number of rotatable bonds is 6. The van der Waals surface area contributed by atoms with Crippen LogP contribution in [0.15, 0.2) is 0 Å². The van der Waals surface area contributed by atoms with Gasteiger partial charge >= 0.3 is 0 Å². The summed E-state index contributed by atoms with van der Waals surface area (Å²) in [5, 5.41) is 3.67. The lowest BCUT2D eigenvalue weighted by Crippen LogP contribution is -2.61. The van der Waals surface area contributed by atoms with E-state index in [1.165, 1.54) is 38.5 Å². The Balaban J connectivity index is 2.12. The second kappa shape index (κ2) is 6.97. The highest BCUT2D eigenvalue weighted by molar-refractivity contribution is 5.01. The molecule has 124 valence electrons. The van der Waals surface area contributed by atoms with Crippen molar-refractivity contribution < 1.29 is 4.74 Å². The normalized spacial score (nSPS) is 27.4. The first-order valence-electron chi connectivity index (χ1n) is 9.05. The molecule has 1 saturated heterocycles. The van der Waals surface area contributed by atoms with E-state index in [9.17, 15) is 0 Å². The molecule has 2 atom stereocenters. The van der Waals surface area contributed by atoms with Gasteiger partial charge in [-0.1, -0.05) is 26.7 Å². The lowest BCUT2D eigenvalue weighted by Gasteiger charge is -2.50. The molecule has 21 heavy (non-hydrogen) atoms. The minimum absolute atomic E-state index is 0.194. The van der Waals surface area contributed by atoms with E-state index in [1.54, 1.807) is 0 Å². The molecule has 1 heterocycles. The van der Waals surface area contributed by atoms with Crippen molar-refractivity contribution in [3.8, 4) is 0 Å². The third-order valence-corrected chi connectivity index (χ3v) is 6.17. The van der Waals surface area contributed by atoms with Crippen molar-refractivity contribution in [2.45, 2.75) is 83.4 Å². The van der Waals surface area contributed by atoms with Crippen molar-refractivity contribution in [3.05, 3.63) is 0 Å². The van der Waals surface area contributed by atoms with Gasteiger partial charge in [0.1, 0.15) is 0 Å². The van der Waals surface area contributed by atoms with E-state index in [1.807, 2.05) is 0 Å². The van der Waals surface area contributed by atoms with Crippen LogP contribution in [0.1, 0.15) is 66.2 Å². The molecular weight excluding hydrogens is 260 g/mol. The molecule has 1 aliphatic carbocycles. The third-order valence-electron chi connectivity index (χ3n) is 6.17. The van der Waals surface area contributed by atoms with Crippen LogP contribution in [0.5, 0.6) is 0 Å². The molecule has 2 fully saturated rings. The maximum Gasteiger partial charge on any atom is 0.0685 e. The summed E-state index contributed by atoms with van der Waals surface area (Å²) in [6, 6.07) is 0.541. The predicted molar refractivity (Wildman–Crippen MR) is 89.7 cm³/mol. The Hall–Kier alpha value is -0.120. The predicted octanol–water partition coefficient (Wildman–Crippen LogP) is 3.43. The zero-order chi connectivity index (χ0) is 15.5. The summed E-state index contributed by atoms with van der Waals surface area (Å²) in [7, 11) is 2.15. The monoisotopic (exact) mass is 296 g/mol. The summed E-state index contributed by atoms with van der Waals surface area (Å²) in [4.78, 5) is 2.60. The topological polar surface area (TPSA) is 24.5 Å². The average molecular weight is 296 g/mol. The fraction of sp³-hybridized carbons (Fsp3) is 1.00. The van der Waals surface area contributed by atoms with Gasteiger partial charge in [-0.2, -0.15) is 0 Å². The first-order valence-corrected chi connectivity index (χ1v) is 9.05. The molecule has 1 N–H and O–H groups in total. The van der Waals surface area contributed by atoms with E-state index in [4.69, 9.17) is 4.74 Å². The molecular formula is C18H36N2O. The number of nitrogens with zero attached hydrogens (tertiary/aromatic N) is 1. The van der Waals surface area contributed by atoms with Gasteiger partial charge in [0.2, 0.25) is 0 Å². The summed E-state index contributed by atoms with van der Waals surface area (Å²) in [5.74, 6) is 0.734. The highest BCUT2D eigenvalue weighted by Crippen LogP contribution is 2.44. The van der Waals surface area contributed by atoms with Gasteiger partial charge in [0.25, 0.3) is 0 Å². The molecule has 3 nitrogen and oxygen atoms in total. The zero-order valence-electron chi connectivity index (χ0n) is 14.9. The summed E-state index contributed by atoms with van der Waals surface area (Å²) < 4.78 is 6.24. The summed E-state index contributed by atoms with van der Waals surface area (Å²) in [6.07, 6.45) is 7.74. The molecule has 0 bridgehead atoms. The average Bonchev–Trinajstić information content (AvgIpc) is 2.88. The highest BCUT2D eigenvalue weighted by Gasteiger charge is 2.46. The maximum atomic E-state index is 6.24. The first kappa shape index (κ1) is 17.2. The maximum absolute atomic E-state index is 6.24. The molecule has 2 unspecified atom stereocenters. The van der Waals surface area contributed by atoms with E-state index in [0.29, 0.717) is 6.04 Å². The summed E-state index contributed by atoms with van der Waals surface area (Å²) in [6.45, 7) is 12.6. The molecule has 3 heteroatoms. The van der Waals surface area contributed by atoms with Crippen LogP contribution in [0, 0.1) is 5.92 Å². The Morgan fingerprint density at radius 2 is 1.86 bits per heavy atom.